The number of rotatable bonds is 20. The number of amides is 2. The third kappa shape index (κ3) is 13.5. The van der Waals surface area contributed by atoms with E-state index >= 15 is 0 Å². The van der Waals surface area contributed by atoms with Crippen molar-refractivity contribution < 1.29 is 144 Å². The van der Waals surface area contributed by atoms with Crippen LogP contribution in [0.25, 0.3) is 0 Å². The molecule has 0 unspecified atom stereocenters. The number of carbonyl (C=O) groups excluding carboxylic acids is 2. The van der Waals surface area contributed by atoms with Crippen molar-refractivity contribution in [2.45, 2.75) is 206 Å². The predicted octanol–water partition coefficient (Wildman–Crippen LogP) is -12.1. The van der Waals surface area contributed by atoms with Gasteiger partial charge in [0.25, 0.3) is 0 Å². The van der Waals surface area contributed by atoms with E-state index in [-0.39, 0.29) is 0 Å². The van der Waals surface area contributed by atoms with Gasteiger partial charge in [-0.05, 0) is 13.8 Å². The molecule has 0 saturated carbocycles. The fraction of sp³-hybridized carbons (Fsp3) is 0.950. The second kappa shape index (κ2) is 26.1. The highest BCUT2D eigenvalue weighted by molar-refractivity contribution is 5.73. The molecule has 414 valence electrons. The lowest BCUT2D eigenvalue weighted by molar-refractivity contribution is -0.399. The zero-order valence-corrected chi connectivity index (χ0v) is 38.8. The van der Waals surface area contributed by atoms with Gasteiger partial charge in [-0.3, -0.25) is 9.59 Å². The van der Waals surface area contributed by atoms with Gasteiger partial charge in [-0.2, -0.15) is 0 Å². The van der Waals surface area contributed by atoms with Crippen LogP contribution in [0, 0.1) is 0 Å². The summed E-state index contributed by atoms with van der Waals surface area (Å²) in [4.78, 5) is 25.2. The number of hydrogen-bond acceptors (Lipinski definition) is 29. The van der Waals surface area contributed by atoms with Crippen LogP contribution in [-0.4, -0.2) is 309 Å². The maximum absolute atomic E-state index is 13.1. The molecule has 31 heteroatoms. The van der Waals surface area contributed by atoms with Crippen LogP contribution in [0.2, 0.25) is 0 Å². The number of ether oxygens (including phenoxy) is 10. The topological polar surface area (TPSA) is 494 Å². The molecule has 5 rings (SSSR count). The zero-order valence-electron chi connectivity index (χ0n) is 38.8. The Kier molecular flexibility index (Phi) is 21.9. The van der Waals surface area contributed by atoms with Crippen molar-refractivity contribution in [2.24, 2.45) is 0 Å². The maximum Gasteiger partial charge on any atom is 0.217 e. The van der Waals surface area contributed by atoms with Gasteiger partial charge in [0.05, 0.1) is 51.3 Å². The molecule has 2 amide bonds. The highest BCUT2D eigenvalue weighted by Gasteiger charge is 2.58. The first-order valence-corrected chi connectivity index (χ1v) is 22.7. The molecule has 0 aromatic heterocycles. The molecule has 0 aromatic carbocycles. The number of aliphatic hydroxyl groups excluding tert-OH is 17. The Morgan fingerprint density at radius 3 is 1.45 bits per heavy atom. The molecule has 5 aliphatic heterocycles. The summed E-state index contributed by atoms with van der Waals surface area (Å²) < 4.78 is 59.0. The van der Waals surface area contributed by atoms with Crippen molar-refractivity contribution in [1.29, 1.82) is 0 Å². The minimum atomic E-state index is -2.27. The molecule has 5 aliphatic rings. The first-order chi connectivity index (χ1) is 33.4. The van der Waals surface area contributed by atoms with Crippen LogP contribution in [0.1, 0.15) is 27.7 Å². The Bertz CT molecular complexity index is 1660. The van der Waals surface area contributed by atoms with E-state index in [9.17, 15) is 96.4 Å². The summed E-state index contributed by atoms with van der Waals surface area (Å²) in [6.45, 7) is -0.587. The monoisotopic (exact) mass is 1040 g/mol. The maximum atomic E-state index is 13.1. The van der Waals surface area contributed by atoms with Gasteiger partial charge < -0.3 is 145 Å². The van der Waals surface area contributed by atoms with Crippen LogP contribution in [0.5, 0.6) is 0 Å². The number of aliphatic hydroxyl groups is 17. The lowest BCUT2D eigenvalue weighted by atomic mass is 9.93. The van der Waals surface area contributed by atoms with E-state index in [1.165, 1.54) is 13.8 Å². The van der Waals surface area contributed by atoms with Gasteiger partial charge in [0, 0.05) is 13.8 Å². The Labute approximate surface area is 404 Å². The van der Waals surface area contributed by atoms with Gasteiger partial charge in [-0.15, -0.1) is 0 Å². The first kappa shape index (κ1) is 59.7. The molecular weight excluding hydrogens is 972 g/mol. The van der Waals surface area contributed by atoms with Gasteiger partial charge >= 0.3 is 0 Å². The van der Waals surface area contributed by atoms with E-state index in [1.54, 1.807) is 0 Å². The summed E-state index contributed by atoms with van der Waals surface area (Å²) in [5, 5.41) is 187. The molecule has 31 nitrogen and oxygen atoms in total. The van der Waals surface area contributed by atoms with Crippen molar-refractivity contribution in [3.63, 3.8) is 0 Å². The lowest BCUT2D eigenvalue weighted by Crippen LogP contribution is -2.71. The largest absolute Gasteiger partial charge is 0.394 e. The molecule has 19 N–H and O–H groups in total. The Morgan fingerprint density at radius 2 is 0.958 bits per heavy atom. The molecule has 5 saturated heterocycles. The van der Waals surface area contributed by atoms with Crippen molar-refractivity contribution in [3.8, 4) is 0 Å². The summed E-state index contributed by atoms with van der Waals surface area (Å²) in [5.41, 5.74) is 0. The summed E-state index contributed by atoms with van der Waals surface area (Å²) in [5.74, 6) is -1.69. The Morgan fingerprint density at radius 1 is 0.479 bits per heavy atom. The average molecular weight is 1040 g/mol. The molecular formula is C40H70N2O29. The molecule has 0 spiro atoms. The molecule has 5 heterocycles. The normalized spacial score (nSPS) is 46.1. The molecule has 0 radical (unpaired) electrons. The van der Waals surface area contributed by atoms with Crippen molar-refractivity contribution in [1.82, 2.24) is 10.6 Å². The molecule has 0 bridgehead atoms. The molecule has 0 aliphatic carbocycles. The fourth-order valence-electron chi connectivity index (χ4n) is 8.78. The molecule has 71 heavy (non-hydrogen) atoms. The van der Waals surface area contributed by atoms with E-state index in [2.05, 4.69) is 10.6 Å². The second-order valence-electron chi connectivity index (χ2n) is 18.0. The molecule has 5 fully saturated rings. The van der Waals surface area contributed by atoms with E-state index in [0.29, 0.717) is 0 Å². The second-order valence-corrected chi connectivity index (χ2v) is 18.0. The minimum Gasteiger partial charge on any atom is -0.394 e. The van der Waals surface area contributed by atoms with E-state index < -0.39 is 223 Å². The zero-order chi connectivity index (χ0) is 52.9. The first-order valence-electron chi connectivity index (χ1n) is 22.7. The third-order valence-corrected chi connectivity index (χ3v) is 12.8. The van der Waals surface area contributed by atoms with Crippen LogP contribution in [0.3, 0.4) is 0 Å². The van der Waals surface area contributed by atoms with Crippen molar-refractivity contribution in [2.75, 3.05) is 33.0 Å². The Hall–Kier alpha value is -2.14. The van der Waals surface area contributed by atoms with Gasteiger partial charge in [0.2, 0.25) is 11.8 Å². The van der Waals surface area contributed by atoms with Gasteiger partial charge in [0.1, 0.15) is 128 Å². The van der Waals surface area contributed by atoms with Gasteiger partial charge in [0.15, 0.2) is 31.5 Å². The third-order valence-electron chi connectivity index (χ3n) is 12.8. The van der Waals surface area contributed by atoms with Gasteiger partial charge in [-0.1, -0.05) is 0 Å². The highest BCUT2D eigenvalue weighted by Crippen LogP contribution is 2.38. The van der Waals surface area contributed by atoms with Crippen LogP contribution < -0.4 is 10.6 Å². The van der Waals surface area contributed by atoms with E-state index in [1.807, 2.05) is 0 Å². The van der Waals surface area contributed by atoms with Gasteiger partial charge in [-0.25, -0.2) is 0 Å². The van der Waals surface area contributed by atoms with Crippen LogP contribution in [0.15, 0.2) is 0 Å². The molecule has 29 atom stereocenters. The number of nitrogens with one attached hydrogen (secondary N) is 2. The van der Waals surface area contributed by atoms with Crippen molar-refractivity contribution >= 4 is 11.8 Å². The predicted molar refractivity (Wildman–Crippen MR) is 222 cm³/mol. The summed E-state index contributed by atoms with van der Waals surface area (Å²) in [7, 11) is 0. The van der Waals surface area contributed by atoms with Crippen LogP contribution in [0.4, 0.5) is 0 Å². The Balaban J connectivity index is 1.59. The average Bonchev–Trinajstić information content (AvgIpc) is 3.33. The SMILES string of the molecule is CC(=O)N[C@H]1[C@H](O[C@H]2[C@@H](O)[C@@H](CO)O[C@@H](O[C@@H]([C@@H](O)[C@H](O)CO)[C@H](CO)NC(C)=O)[C@@H]2O)O[C@H](CO)[C@@H](O[C@@H]2O[C@@H](C)[C@@H](O)[C@@H](O)[C@@H]2O)[C@@H]1O[C@@H]1O[C@H](CO)[C@H](O)[C@H](O)[C@H]1O[C@@H]1O[C@@H](C)[C@@H](O)[C@@H](O)[C@@H]1O. The van der Waals surface area contributed by atoms with Crippen LogP contribution >= 0.6 is 0 Å². The quantitative estimate of drug-likeness (QED) is 0.0538. The highest BCUT2D eigenvalue weighted by atomic mass is 16.8. The van der Waals surface area contributed by atoms with E-state index in [4.69, 9.17) is 47.4 Å². The summed E-state index contributed by atoms with van der Waals surface area (Å²) >= 11 is 0. The lowest BCUT2D eigenvalue weighted by Gasteiger charge is -2.52. The standard InChI is InChI=1S/C40H70N2O29/c1-10-20(51)25(56)28(59)37(62-10)68-32-18(9-47)66-36(70-34-24(55)17(8-46)64-39(30(34)61)67-31(22(53)15(50)6-44)14(5-43)41-12(3)48)19(42-13(4)49)33(32)69-40-35(27(58)23(54)16(7-45)65-40)71-38-29(60)26(57)21(52)11(2)63-38/h10-11,14-40,43-47,50-61H,5-9H2,1-4H3,(H,41,48)(H,42,49)/t10-,11-,14-,15+,16+,17+,18+,19+,20+,21+,22-,23-,24-,25+,26+,27-,28-,29-,30+,31+,32+,33+,34-,35+,36-,37-,38-,39-,40-/m0/s1. The fourth-order valence-corrected chi connectivity index (χ4v) is 8.78. The minimum absolute atomic E-state index is 0.774. The number of carbonyl (C=O) groups is 2. The smallest absolute Gasteiger partial charge is 0.217 e. The summed E-state index contributed by atoms with van der Waals surface area (Å²) in [6, 6.07) is -3.47. The van der Waals surface area contributed by atoms with E-state index in [0.717, 1.165) is 13.8 Å². The number of hydrogen-bond donors (Lipinski definition) is 19. The van der Waals surface area contributed by atoms with Crippen molar-refractivity contribution in [3.05, 3.63) is 0 Å². The van der Waals surface area contributed by atoms with Crippen LogP contribution in [-0.2, 0) is 57.0 Å². The molecule has 0 aromatic rings. The summed E-state index contributed by atoms with van der Waals surface area (Å²) in [6.07, 6.45) is -51.5.